The lowest BCUT2D eigenvalue weighted by atomic mass is 10.1. The molecule has 0 radical (unpaired) electrons. The van der Waals surface area contributed by atoms with Crippen LogP contribution >= 0.6 is 0 Å². The van der Waals surface area contributed by atoms with Gasteiger partial charge in [-0.1, -0.05) is 25.5 Å². The quantitative estimate of drug-likeness (QED) is 0.580. The number of rotatable bonds is 7. The van der Waals surface area contributed by atoms with Crippen LogP contribution in [0.15, 0.2) is 42.5 Å². The number of hydrogen-bond donors (Lipinski definition) is 2. The molecule has 0 heterocycles. The van der Waals surface area contributed by atoms with Crippen LogP contribution < -0.4 is 15.8 Å². The van der Waals surface area contributed by atoms with Crippen molar-refractivity contribution < 1.29 is 19.1 Å². The summed E-state index contributed by atoms with van der Waals surface area (Å²) in [6.45, 7) is 4.28. The molecule has 0 aliphatic rings. The van der Waals surface area contributed by atoms with Gasteiger partial charge in [-0.3, -0.25) is 5.32 Å². The Bertz CT molecular complexity index is 757. The van der Waals surface area contributed by atoms with E-state index in [-0.39, 0.29) is 13.2 Å². The van der Waals surface area contributed by atoms with Crippen molar-refractivity contribution in [3.05, 3.63) is 59.2 Å². The van der Waals surface area contributed by atoms with Gasteiger partial charge in [-0.25, -0.2) is 9.59 Å². The molecule has 0 fully saturated rings. The highest BCUT2D eigenvalue weighted by molar-refractivity contribution is 5.91. The average molecular weight is 356 g/mol. The van der Waals surface area contributed by atoms with Gasteiger partial charge in [0.1, 0.15) is 5.75 Å². The monoisotopic (exact) mass is 356 g/mol. The topological polar surface area (TPSA) is 90.6 Å². The summed E-state index contributed by atoms with van der Waals surface area (Å²) < 4.78 is 10.3. The van der Waals surface area contributed by atoms with Crippen LogP contribution in [0, 0.1) is 0 Å². The van der Waals surface area contributed by atoms with Gasteiger partial charge in [0.15, 0.2) is 0 Å². The Balaban J connectivity index is 2.10. The number of benzene rings is 2. The highest BCUT2D eigenvalue weighted by Gasteiger charge is 2.13. The molecule has 0 aliphatic carbocycles. The number of aryl methyl sites for hydroxylation is 1. The molecule has 6 heteroatoms. The summed E-state index contributed by atoms with van der Waals surface area (Å²) in [4.78, 5) is 23.8. The molecule has 1 amide bonds. The predicted octanol–water partition coefficient (Wildman–Crippen LogP) is 3.89. The third-order valence-electron chi connectivity index (χ3n) is 3.73. The molecule has 2 aromatic rings. The Morgan fingerprint density at radius 3 is 2.42 bits per heavy atom. The minimum Gasteiger partial charge on any atom is -0.450 e. The number of nitrogens with one attached hydrogen (secondary N) is 1. The highest BCUT2D eigenvalue weighted by Crippen LogP contribution is 2.24. The first-order valence-corrected chi connectivity index (χ1v) is 8.65. The first-order valence-electron chi connectivity index (χ1n) is 8.65. The number of ether oxygens (including phenoxy) is 2. The second kappa shape index (κ2) is 9.58. The maximum absolute atomic E-state index is 12.3. The molecule has 3 N–H and O–H groups in total. The van der Waals surface area contributed by atoms with Crippen molar-refractivity contribution in [2.24, 2.45) is 5.73 Å². The average Bonchev–Trinajstić information content (AvgIpc) is 2.64. The van der Waals surface area contributed by atoms with Crippen LogP contribution in [-0.2, 0) is 17.7 Å². The zero-order valence-corrected chi connectivity index (χ0v) is 15.1. The number of nitrogens with two attached hydrogens (primary N) is 1. The lowest BCUT2D eigenvalue weighted by Crippen LogP contribution is -2.15. The van der Waals surface area contributed by atoms with Crippen molar-refractivity contribution in [1.82, 2.24) is 0 Å². The predicted molar refractivity (Wildman–Crippen MR) is 100 cm³/mol. The van der Waals surface area contributed by atoms with Crippen LogP contribution in [-0.4, -0.2) is 18.7 Å². The van der Waals surface area contributed by atoms with Gasteiger partial charge >= 0.3 is 12.1 Å². The van der Waals surface area contributed by atoms with Crippen molar-refractivity contribution in [1.29, 1.82) is 0 Å². The van der Waals surface area contributed by atoms with E-state index in [0.29, 0.717) is 22.6 Å². The summed E-state index contributed by atoms with van der Waals surface area (Å²) in [5, 5.41) is 2.59. The van der Waals surface area contributed by atoms with Crippen molar-refractivity contribution in [3.63, 3.8) is 0 Å². The van der Waals surface area contributed by atoms with E-state index < -0.39 is 12.1 Å². The fourth-order valence-corrected chi connectivity index (χ4v) is 2.46. The molecule has 0 spiro atoms. The molecule has 2 aromatic carbocycles. The van der Waals surface area contributed by atoms with Crippen molar-refractivity contribution in [2.75, 3.05) is 11.9 Å². The molecule has 0 atom stereocenters. The van der Waals surface area contributed by atoms with E-state index in [1.807, 2.05) is 12.1 Å². The van der Waals surface area contributed by atoms with Crippen LogP contribution in [0.25, 0.3) is 0 Å². The lowest BCUT2D eigenvalue weighted by molar-refractivity contribution is 0.0733. The Kier molecular flexibility index (Phi) is 7.17. The molecule has 0 bridgehead atoms. The second-order valence-corrected chi connectivity index (χ2v) is 5.71. The number of anilines is 1. The SMILES string of the molecule is CCCc1ccc(C(=O)Oc2ccc(NC(=O)OCC)cc2CN)cc1. The Hall–Kier alpha value is -2.86. The third kappa shape index (κ3) is 5.32. The fraction of sp³-hybridized carbons (Fsp3) is 0.300. The number of esters is 1. The van der Waals surface area contributed by atoms with Crippen LogP contribution in [0.4, 0.5) is 10.5 Å². The number of hydrogen-bond acceptors (Lipinski definition) is 5. The van der Waals surface area contributed by atoms with Gasteiger partial charge in [0, 0.05) is 17.8 Å². The first-order chi connectivity index (χ1) is 12.6. The Morgan fingerprint density at radius 2 is 1.81 bits per heavy atom. The molecule has 0 saturated carbocycles. The highest BCUT2D eigenvalue weighted by atomic mass is 16.5. The van der Waals surface area contributed by atoms with E-state index in [0.717, 1.165) is 12.8 Å². The largest absolute Gasteiger partial charge is 0.450 e. The lowest BCUT2D eigenvalue weighted by Gasteiger charge is -2.12. The molecule has 138 valence electrons. The maximum atomic E-state index is 12.3. The van der Waals surface area contributed by atoms with Gasteiger partial charge in [0.25, 0.3) is 0 Å². The molecule has 0 aliphatic heterocycles. The summed E-state index contributed by atoms with van der Waals surface area (Å²) in [6, 6.07) is 12.3. The van der Waals surface area contributed by atoms with Crippen molar-refractivity contribution in [3.8, 4) is 5.75 Å². The number of carbonyl (C=O) groups excluding carboxylic acids is 2. The molecule has 2 rings (SSSR count). The van der Waals surface area contributed by atoms with Crippen molar-refractivity contribution in [2.45, 2.75) is 33.2 Å². The minimum atomic E-state index is -0.549. The van der Waals surface area contributed by atoms with Crippen LogP contribution in [0.1, 0.15) is 41.8 Å². The van der Waals surface area contributed by atoms with E-state index >= 15 is 0 Å². The van der Waals surface area contributed by atoms with Crippen molar-refractivity contribution >= 4 is 17.7 Å². The van der Waals surface area contributed by atoms with Gasteiger partial charge in [0.05, 0.1) is 12.2 Å². The van der Waals surface area contributed by atoms with Crippen LogP contribution in [0.2, 0.25) is 0 Å². The van der Waals surface area contributed by atoms with Gasteiger partial charge in [0.2, 0.25) is 0 Å². The summed E-state index contributed by atoms with van der Waals surface area (Å²) in [5.41, 5.74) is 8.52. The van der Waals surface area contributed by atoms with E-state index in [1.54, 1.807) is 37.3 Å². The zero-order chi connectivity index (χ0) is 18.9. The van der Waals surface area contributed by atoms with E-state index in [4.69, 9.17) is 15.2 Å². The summed E-state index contributed by atoms with van der Waals surface area (Å²) in [6.07, 6.45) is 1.48. The van der Waals surface area contributed by atoms with Crippen LogP contribution in [0.3, 0.4) is 0 Å². The van der Waals surface area contributed by atoms with E-state index in [2.05, 4.69) is 12.2 Å². The summed E-state index contributed by atoms with van der Waals surface area (Å²) >= 11 is 0. The molecule has 0 saturated heterocycles. The Morgan fingerprint density at radius 1 is 1.08 bits per heavy atom. The number of carbonyl (C=O) groups is 2. The normalized spacial score (nSPS) is 10.3. The van der Waals surface area contributed by atoms with Gasteiger partial charge < -0.3 is 15.2 Å². The third-order valence-corrected chi connectivity index (χ3v) is 3.73. The smallest absolute Gasteiger partial charge is 0.411 e. The summed E-state index contributed by atoms with van der Waals surface area (Å²) in [5.74, 6) is -0.0848. The van der Waals surface area contributed by atoms with Gasteiger partial charge in [-0.15, -0.1) is 0 Å². The molecule has 26 heavy (non-hydrogen) atoms. The van der Waals surface area contributed by atoms with Crippen LogP contribution in [0.5, 0.6) is 5.75 Å². The molecule has 6 nitrogen and oxygen atoms in total. The van der Waals surface area contributed by atoms with E-state index in [1.165, 1.54) is 5.56 Å². The molecule has 0 unspecified atom stereocenters. The maximum Gasteiger partial charge on any atom is 0.411 e. The Labute approximate surface area is 153 Å². The molecular weight excluding hydrogens is 332 g/mol. The van der Waals surface area contributed by atoms with E-state index in [9.17, 15) is 9.59 Å². The summed E-state index contributed by atoms with van der Waals surface area (Å²) in [7, 11) is 0. The first kappa shape index (κ1) is 19.5. The minimum absolute atomic E-state index is 0.163. The second-order valence-electron chi connectivity index (χ2n) is 5.71. The van der Waals surface area contributed by atoms with Gasteiger partial charge in [-0.05, 0) is 49.2 Å². The zero-order valence-electron chi connectivity index (χ0n) is 15.1. The molecule has 0 aromatic heterocycles. The van der Waals surface area contributed by atoms with Gasteiger partial charge in [-0.2, -0.15) is 0 Å². The number of amides is 1. The standard InChI is InChI=1S/C20H24N2O4/c1-3-5-14-6-8-15(9-7-14)19(23)26-18-11-10-17(12-16(18)13-21)22-20(24)25-4-2/h6-12H,3-5,13,21H2,1-2H3,(H,22,24). The molecular formula is C20H24N2O4. The fourth-order valence-electron chi connectivity index (χ4n) is 2.46.